The number of H-pyrrole nitrogens is 1. The normalized spacial score (nSPS) is 15.2. The molecule has 0 saturated carbocycles. The number of fused-ring (bicyclic) bond motifs is 1. The largest absolute Gasteiger partial charge is 0.494 e. The van der Waals surface area contributed by atoms with Gasteiger partial charge in [0.05, 0.1) is 16.8 Å². The maximum atomic E-state index is 12.1. The van der Waals surface area contributed by atoms with Gasteiger partial charge in [-0.15, -0.1) is 0 Å². The summed E-state index contributed by atoms with van der Waals surface area (Å²) >= 11 is 0. The van der Waals surface area contributed by atoms with E-state index in [9.17, 15) is 19.8 Å². The predicted octanol–water partition coefficient (Wildman–Crippen LogP) is 2.43. The highest BCUT2D eigenvalue weighted by atomic mass is 16.4. The first-order valence-electron chi connectivity index (χ1n) is 9.62. The minimum atomic E-state index is -1.11. The van der Waals surface area contributed by atoms with Crippen LogP contribution in [0.4, 0.5) is 11.4 Å². The summed E-state index contributed by atoms with van der Waals surface area (Å²) in [5.74, 6) is -1.47. The van der Waals surface area contributed by atoms with Gasteiger partial charge < -0.3 is 20.0 Å². The third-order valence-corrected chi connectivity index (χ3v) is 5.35. The number of hydrogen-bond acceptors (Lipinski definition) is 6. The number of aromatic nitrogens is 1. The number of aromatic hydroxyl groups is 1. The average molecular weight is 406 g/mol. The summed E-state index contributed by atoms with van der Waals surface area (Å²) in [6, 6.07) is 11.9. The maximum absolute atomic E-state index is 12.1. The summed E-state index contributed by atoms with van der Waals surface area (Å²) in [5.41, 5.74) is 1.61. The van der Waals surface area contributed by atoms with Gasteiger partial charge in [-0.05, 0) is 49.5 Å². The van der Waals surface area contributed by atoms with Crippen molar-refractivity contribution >= 4 is 34.3 Å². The fourth-order valence-electron chi connectivity index (χ4n) is 3.55. The first kappa shape index (κ1) is 19.7. The Morgan fingerprint density at radius 3 is 2.43 bits per heavy atom. The van der Waals surface area contributed by atoms with E-state index in [0.29, 0.717) is 11.1 Å². The molecule has 2 heterocycles. The van der Waals surface area contributed by atoms with Gasteiger partial charge in [0.25, 0.3) is 5.56 Å². The fourth-order valence-corrected chi connectivity index (χ4v) is 3.55. The van der Waals surface area contributed by atoms with E-state index < -0.39 is 11.5 Å². The number of piperazine rings is 1. The lowest BCUT2D eigenvalue weighted by molar-refractivity contribution is 0.0697. The summed E-state index contributed by atoms with van der Waals surface area (Å²) in [7, 11) is 2.12. The van der Waals surface area contributed by atoms with Crippen LogP contribution >= 0.6 is 0 Å². The number of aliphatic imine (C=N–C) groups is 1. The van der Waals surface area contributed by atoms with Crippen LogP contribution in [0.25, 0.3) is 10.8 Å². The molecule has 2 aromatic carbocycles. The first-order chi connectivity index (χ1) is 14.4. The molecular formula is C22H22N4O4. The number of aromatic carboxylic acids is 1. The molecule has 0 radical (unpaired) electrons. The smallest absolute Gasteiger partial charge is 0.335 e. The molecule has 0 spiro atoms. The van der Waals surface area contributed by atoms with E-state index in [2.05, 4.69) is 26.8 Å². The number of hydrogen-bond donors (Lipinski definition) is 3. The molecule has 1 saturated heterocycles. The van der Waals surface area contributed by atoms with Gasteiger partial charge in [0.15, 0.2) is 0 Å². The number of benzene rings is 2. The number of carboxylic acids is 1. The lowest BCUT2D eigenvalue weighted by atomic mass is 10.0. The topological polar surface area (TPSA) is 109 Å². The van der Waals surface area contributed by atoms with Crippen LogP contribution in [-0.4, -0.2) is 65.5 Å². The number of rotatable bonds is 4. The van der Waals surface area contributed by atoms with Gasteiger partial charge in [-0.1, -0.05) is 0 Å². The Morgan fingerprint density at radius 2 is 1.77 bits per heavy atom. The number of carboxylic acid groups (broad SMARTS) is 1. The van der Waals surface area contributed by atoms with Crippen LogP contribution in [0.5, 0.6) is 5.88 Å². The van der Waals surface area contributed by atoms with Crippen molar-refractivity contribution in [2.45, 2.75) is 0 Å². The van der Waals surface area contributed by atoms with Gasteiger partial charge in [-0.25, -0.2) is 4.79 Å². The Balaban J connectivity index is 1.64. The van der Waals surface area contributed by atoms with E-state index in [1.807, 2.05) is 24.3 Å². The van der Waals surface area contributed by atoms with Gasteiger partial charge in [-0.3, -0.25) is 14.8 Å². The van der Waals surface area contributed by atoms with Crippen molar-refractivity contribution in [2.24, 2.45) is 4.99 Å². The third-order valence-electron chi connectivity index (χ3n) is 5.35. The number of pyridine rings is 1. The first-order valence-corrected chi connectivity index (χ1v) is 9.62. The third kappa shape index (κ3) is 3.90. The van der Waals surface area contributed by atoms with Crippen molar-refractivity contribution in [2.75, 3.05) is 38.1 Å². The highest BCUT2D eigenvalue weighted by Crippen LogP contribution is 2.25. The minimum Gasteiger partial charge on any atom is -0.494 e. The summed E-state index contributed by atoms with van der Waals surface area (Å²) < 4.78 is 0. The molecule has 0 amide bonds. The molecule has 0 aliphatic carbocycles. The van der Waals surface area contributed by atoms with E-state index in [1.165, 1.54) is 24.4 Å². The number of likely N-dealkylation sites (N-methyl/N-ethyl adjacent to an activating group) is 1. The Kier molecular flexibility index (Phi) is 5.24. The SMILES string of the molecule is CN1CCN(c2ccc(N=Cc3c(O)[nH]c(=O)c4ccc(C(=O)O)cc34)cc2)CC1. The Bertz CT molecular complexity index is 1180. The van der Waals surface area contributed by atoms with Crippen LogP contribution in [0, 0.1) is 0 Å². The van der Waals surface area contributed by atoms with Crippen LogP contribution in [0.1, 0.15) is 15.9 Å². The average Bonchev–Trinajstić information content (AvgIpc) is 2.74. The van der Waals surface area contributed by atoms with Crippen molar-refractivity contribution in [3.63, 3.8) is 0 Å². The van der Waals surface area contributed by atoms with Crippen molar-refractivity contribution in [3.8, 4) is 5.88 Å². The second kappa shape index (κ2) is 8.00. The highest BCUT2D eigenvalue weighted by Gasteiger charge is 2.14. The molecule has 0 bridgehead atoms. The van der Waals surface area contributed by atoms with Crippen molar-refractivity contribution in [3.05, 3.63) is 63.9 Å². The molecule has 4 rings (SSSR count). The highest BCUT2D eigenvalue weighted by molar-refractivity contribution is 6.04. The molecule has 0 unspecified atom stereocenters. The van der Waals surface area contributed by atoms with Crippen molar-refractivity contribution in [1.82, 2.24) is 9.88 Å². The van der Waals surface area contributed by atoms with E-state index in [0.717, 1.165) is 31.9 Å². The van der Waals surface area contributed by atoms with Crippen LogP contribution in [0.15, 0.2) is 52.3 Å². The predicted molar refractivity (Wildman–Crippen MR) is 117 cm³/mol. The van der Waals surface area contributed by atoms with Crippen LogP contribution < -0.4 is 10.5 Å². The summed E-state index contributed by atoms with van der Waals surface area (Å²) in [6.45, 7) is 4.00. The van der Waals surface area contributed by atoms with Gasteiger partial charge in [-0.2, -0.15) is 0 Å². The zero-order valence-electron chi connectivity index (χ0n) is 16.5. The molecule has 3 aromatic rings. The fraction of sp³-hybridized carbons (Fsp3) is 0.227. The molecule has 1 aromatic heterocycles. The van der Waals surface area contributed by atoms with Crippen LogP contribution in [0.2, 0.25) is 0 Å². The molecule has 1 fully saturated rings. The number of carbonyl (C=O) groups is 1. The number of aromatic amines is 1. The molecule has 0 atom stereocenters. The minimum absolute atomic E-state index is 0.0266. The number of anilines is 1. The van der Waals surface area contributed by atoms with Crippen LogP contribution in [-0.2, 0) is 0 Å². The van der Waals surface area contributed by atoms with Crippen LogP contribution in [0.3, 0.4) is 0 Å². The van der Waals surface area contributed by atoms with E-state index in [-0.39, 0.29) is 22.4 Å². The Hall–Kier alpha value is -3.65. The maximum Gasteiger partial charge on any atom is 0.335 e. The summed E-state index contributed by atoms with van der Waals surface area (Å²) in [6.07, 6.45) is 1.43. The van der Waals surface area contributed by atoms with Crippen molar-refractivity contribution < 1.29 is 15.0 Å². The van der Waals surface area contributed by atoms with Crippen molar-refractivity contribution in [1.29, 1.82) is 0 Å². The van der Waals surface area contributed by atoms with E-state index in [1.54, 1.807) is 0 Å². The molecule has 1 aliphatic rings. The van der Waals surface area contributed by atoms with Gasteiger partial charge >= 0.3 is 5.97 Å². The monoisotopic (exact) mass is 406 g/mol. The van der Waals surface area contributed by atoms with E-state index in [4.69, 9.17) is 0 Å². The lowest BCUT2D eigenvalue weighted by Crippen LogP contribution is -2.44. The second-order valence-electron chi connectivity index (χ2n) is 7.35. The zero-order valence-corrected chi connectivity index (χ0v) is 16.5. The molecule has 3 N–H and O–H groups in total. The summed E-state index contributed by atoms with van der Waals surface area (Å²) in [4.78, 5) is 34.8. The second-order valence-corrected chi connectivity index (χ2v) is 7.35. The Morgan fingerprint density at radius 1 is 1.07 bits per heavy atom. The standard InChI is InChI=1S/C22H22N4O4/c1-25-8-10-26(11-9-25)16-5-3-15(4-6-16)23-13-19-18-12-14(22(29)30)2-7-17(18)20(27)24-21(19)28/h2-7,12-13H,8-11H2,1H3,(H,29,30)(H2,24,27,28). The zero-order chi connectivity index (χ0) is 21.3. The molecule has 1 aliphatic heterocycles. The molecular weight excluding hydrogens is 384 g/mol. The Labute approximate surface area is 172 Å². The van der Waals surface area contributed by atoms with Gasteiger partial charge in [0, 0.05) is 48.9 Å². The number of nitrogens with zero attached hydrogens (tertiary/aromatic N) is 3. The number of nitrogens with one attached hydrogen (secondary N) is 1. The molecule has 8 heteroatoms. The van der Waals surface area contributed by atoms with Gasteiger partial charge in [0.1, 0.15) is 0 Å². The molecule has 30 heavy (non-hydrogen) atoms. The lowest BCUT2D eigenvalue weighted by Gasteiger charge is -2.34. The van der Waals surface area contributed by atoms with Gasteiger partial charge in [0.2, 0.25) is 5.88 Å². The molecule has 154 valence electrons. The quantitative estimate of drug-likeness (QED) is 0.574. The van der Waals surface area contributed by atoms with E-state index >= 15 is 0 Å². The molecule has 8 nitrogen and oxygen atoms in total. The summed E-state index contributed by atoms with van der Waals surface area (Å²) in [5, 5.41) is 20.1.